The molecule has 1 aliphatic heterocycles. The molecule has 0 aliphatic carbocycles. The number of rotatable bonds is 4. The first kappa shape index (κ1) is 13.5. The van der Waals surface area contributed by atoms with Gasteiger partial charge in [-0.3, -0.25) is 0 Å². The second-order valence-corrected chi connectivity index (χ2v) is 5.26. The molecule has 0 N–H and O–H groups in total. The summed E-state index contributed by atoms with van der Waals surface area (Å²) in [5.74, 6) is 0.824. The van der Waals surface area contributed by atoms with Crippen LogP contribution >= 0.6 is 0 Å². The molecule has 0 amide bonds. The van der Waals surface area contributed by atoms with Crippen LogP contribution < -0.4 is 0 Å². The highest BCUT2D eigenvalue weighted by molar-refractivity contribution is 4.96. The summed E-state index contributed by atoms with van der Waals surface area (Å²) in [6.45, 7) is 4.47. The summed E-state index contributed by atoms with van der Waals surface area (Å²) >= 11 is 0. The maximum atomic E-state index is 9.25. The fourth-order valence-electron chi connectivity index (χ4n) is 3.00. The van der Waals surface area contributed by atoms with Crippen molar-refractivity contribution in [3.63, 3.8) is 0 Å². The van der Waals surface area contributed by atoms with Crippen LogP contribution in [0.25, 0.3) is 0 Å². The molecule has 1 heterocycles. The highest BCUT2D eigenvalue weighted by atomic mass is 15.1. The van der Waals surface area contributed by atoms with Crippen molar-refractivity contribution in [3.05, 3.63) is 0 Å². The average molecular weight is 223 g/mol. The molecule has 0 radical (unpaired) electrons. The Morgan fingerprint density at radius 1 is 1.50 bits per heavy atom. The Bertz CT molecular complexity index is 244. The van der Waals surface area contributed by atoms with Crippen molar-refractivity contribution in [1.29, 1.82) is 5.26 Å². The molecule has 1 saturated heterocycles. The van der Waals surface area contributed by atoms with Gasteiger partial charge in [0, 0.05) is 12.6 Å². The van der Waals surface area contributed by atoms with Crippen LogP contribution in [-0.2, 0) is 0 Å². The smallest absolute Gasteiger partial charge is 0.0672 e. The van der Waals surface area contributed by atoms with E-state index >= 15 is 0 Å². The van der Waals surface area contributed by atoms with Gasteiger partial charge in [-0.15, -0.1) is 0 Å². The normalized spacial score (nSPS) is 26.4. The van der Waals surface area contributed by atoms with Gasteiger partial charge >= 0.3 is 0 Å². The molecule has 3 unspecified atom stereocenters. The Hall–Kier alpha value is -0.590. The van der Waals surface area contributed by atoms with Crippen molar-refractivity contribution in [2.45, 2.75) is 32.2 Å². The van der Waals surface area contributed by atoms with Crippen LogP contribution in [0.4, 0.5) is 0 Å². The van der Waals surface area contributed by atoms with E-state index in [1.54, 1.807) is 0 Å². The number of hydrogen-bond donors (Lipinski definition) is 0. The van der Waals surface area contributed by atoms with Gasteiger partial charge in [0.1, 0.15) is 0 Å². The zero-order chi connectivity index (χ0) is 12.1. The summed E-state index contributed by atoms with van der Waals surface area (Å²) in [5, 5.41) is 9.25. The van der Waals surface area contributed by atoms with Gasteiger partial charge in [-0.1, -0.05) is 6.92 Å². The van der Waals surface area contributed by atoms with Crippen LogP contribution in [0.15, 0.2) is 0 Å². The Morgan fingerprint density at radius 2 is 2.19 bits per heavy atom. The van der Waals surface area contributed by atoms with Crippen LogP contribution in [-0.4, -0.2) is 50.1 Å². The second kappa shape index (κ2) is 6.22. The van der Waals surface area contributed by atoms with Crippen molar-refractivity contribution in [2.75, 3.05) is 34.2 Å². The molecule has 3 nitrogen and oxygen atoms in total. The summed E-state index contributed by atoms with van der Waals surface area (Å²) in [6.07, 6.45) is 3.50. The standard InChI is InChI=1S/C13H25N3/c1-5-11(9-14)13(15(2)3)12-7-6-8-16(4)10-12/h11-13H,5-8,10H2,1-4H3. The van der Waals surface area contributed by atoms with Crippen LogP contribution in [0.2, 0.25) is 0 Å². The molecule has 16 heavy (non-hydrogen) atoms. The lowest BCUT2D eigenvalue weighted by Crippen LogP contribution is -2.47. The van der Waals surface area contributed by atoms with Gasteiger partial charge in [-0.05, 0) is 52.9 Å². The van der Waals surface area contributed by atoms with Gasteiger partial charge in [0.05, 0.1) is 12.0 Å². The predicted molar refractivity (Wildman–Crippen MR) is 67.1 cm³/mol. The molecule has 1 aliphatic rings. The zero-order valence-electron chi connectivity index (χ0n) is 11.1. The molecular weight excluding hydrogens is 198 g/mol. The van der Waals surface area contributed by atoms with Gasteiger partial charge < -0.3 is 9.80 Å². The lowest BCUT2D eigenvalue weighted by atomic mass is 9.82. The Balaban J connectivity index is 2.72. The Morgan fingerprint density at radius 3 is 2.62 bits per heavy atom. The van der Waals surface area contributed by atoms with Crippen molar-refractivity contribution in [2.24, 2.45) is 11.8 Å². The summed E-state index contributed by atoms with van der Waals surface area (Å²) in [4.78, 5) is 4.65. The molecule has 0 saturated carbocycles. The molecule has 3 atom stereocenters. The van der Waals surface area contributed by atoms with Gasteiger partial charge in [0.15, 0.2) is 0 Å². The molecule has 0 aromatic heterocycles. The minimum Gasteiger partial charge on any atom is -0.306 e. The molecule has 0 spiro atoms. The lowest BCUT2D eigenvalue weighted by molar-refractivity contribution is 0.0965. The van der Waals surface area contributed by atoms with E-state index in [1.807, 2.05) is 0 Å². The first-order valence-electron chi connectivity index (χ1n) is 6.34. The van der Waals surface area contributed by atoms with E-state index in [0.29, 0.717) is 12.0 Å². The van der Waals surface area contributed by atoms with E-state index < -0.39 is 0 Å². The molecule has 92 valence electrons. The molecule has 0 aromatic rings. The Kier molecular flexibility index (Phi) is 5.24. The largest absolute Gasteiger partial charge is 0.306 e. The number of piperidine rings is 1. The minimum atomic E-state index is 0.173. The van der Waals surface area contributed by atoms with Crippen molar-refractivity contribution >= 4 is 0 Å². The van der Waals surface area contributed by atoms with Gasteiger partial charge in [0.2, 0.25) is 0 Å². The number of nitrogens with zero attached hydrogens (tertiary/aromatic N) is 3. The average Bonchev–Trinajstić information content (AvgIpc) is 2.24. The lowest BCUT2D eigenvalue weighted by Gasteiger charge is -2.40. The highest BCUT2D eigenvalue weighted by Crippen LogP contribution is 2.27. The topological polar surface area (TPSA) is 30.3 Å². The maximum Gasteiger partial charge on any atom is 0.0672 e. The van der Waals surface area contributed by atoms with Crippen LogP contribution in [0.5, 0.6) is 0 Å². The summed E-state index contributed by atoms with van der Waals surface area (Å²) in [7, 11) is 6.41. The summed E-state index contributed by atoms with van der Waals surface area (Å²) in [5.41, 5.74) is 0. The zero-order valence-corrected chi connectivity index (χ0v) is 11.1. The van der Waals surface area contributed by atoms with E-state index in [1.165, 1.54) is 19.4 Å². The third-order valence-corrected chi connectivity index (χ3v) is 3.76. The highest BCUT2D eigenvalue weighted by Gasteiger charge is 2.32. The van der Waals surface area contributed by atoms with Crippen molar-refractivity contribution < 1.29 is 0 Å². The fourth-order valence-corrected chi connectivity index (χ4v) is 3.00. The van der Waals surface area contributed by atoms with Gasteiger partial charge in [0.25, 0.3) is 0 Å². The third-order valence-electron chi connectivity index (χ3n) is 3.76. The van der Waals surface area contributed by atoms with E-state index in [4.69, 9.17) is 0 Å². The third kappa shape index (κ3) is 3.20. The monoisotopic (exact) mass is 223 g/mol. The van der Waals surface area contributed by atoms with E-state index in [2.05, 4.69) is 43.9 Å². The summed E-state index contributed by atoms with van der Waals surface area (Å²) in [6, 6.07) is 2.90. The first-order valence-corrected chi connectivity index (χ1v) is 6.34. The number of nitriles is 1. The van der Waals surface area contributed by atoms with Crippen LogP contribution in [0, 0.1) is 23.2 Å². The minimum absolute atomic E-state index is 0.173. The molecule has 3 heteroatoms. The number of likely N-dealkylation sites (tertiary alicyclic amines) is 1. The van der Waals surface area contributed by atoms with Gasteiger partial charge in [-0.25, -0.2) is 0 Å². The molecule has 0 aromatic carbocycles. The second-order valence-electron chi connectivity index (χ2n) is 5.26. The molecule has 0 bridgehead atoms. The molecule has 1 fully saturated rings. The van der Waals surface area contributed by atoms with E-state index in [0.717, 1.165) is 13.0 Å². The van der Waals surface area contributed by atoms with E-state index in [-0.39, 0.29) is 5.92 Å². The van der Waals surface area contributed by atoms with Crippen molar-refractivity contribution in [3.8, 4) is 6.07 Å². The molecule has 1 rings (SSSR count). The Labute approximate surface area is 100 Å². The van der Waals surface area contributed by atoms with E-state index in [9.17, 15) is 5.26 Å². The SMILES string of the molecule is CCC(C#N)C(C1CCCN(C)C1)N(C)C. The van der Waals surface area contributed by atoms with Crippen LogP contribution in [0.1, 0.15) is 26.2 Å². The predicted octanol–water partition coefficient (Wildman–Crippen LogP) is 1.81. The first-order chi connectivity index (χ1) is 7.60. The quantitative estimate of drug-likeness (QED) is 0.728. The van der Waals surface area contributed by atoms with Crippen molar-refractivity contribution in [1.82, 2.24) is 9.80 Å². The maximum absolute atomic E-state index is 9.25. The summed E-state index contributed by atoms with van der Waals surface area (Å²) < 4.78 is 0. The number of hydrogen-bond acceptors (Lipinski definition) is 3. The van der Waals surface area contributed by atoms with Gasteiger partial charge in [-0.2, -0.15) is 5.26 Å². The van der Waals surface area contributed by atoms with Crippen LogP contribution in [0.3, 0.4) is 0 Å². The molecular formula is C13H25N3. The fraction of sp³-hybridized carbons (Fsp3) is 0.923.